The molecule has 1 aliphatic rings. The van der Waals surface area contributed by atoms with Crippen LogP contribution in [0.1, 0.15) is 18.9 Å². The number of carbonyl (C=O) groups is 2. The lowest BCUT2D eigenvalue weighted by molar-refractivity contribution is -0.123. The van der Waals surface area contributed by atoms with Crippen LogP contribution in [0.5, 0.6) is 11.5 Å². The molecule has 6 nitrogen and oxygen atoms in total. The van der Waals surface area contributed by atoms with Crippen LogP contribution in [0.4, 0.5) is 11.4 Å². The van der Waals surface area contributed by atoms with Gasteiger partial charge in [0.25, 0.3) is 0 Å². The quantitative estimate of drug-likeness (QED) is 0.828. The Hall–Kier alpha value is -3.02. The van der Waals surface area contributed by atoms with Gasteiger partial charge in [0.05, 0.1) is 0 Å². The number of hydrogen-bond acceptors (Lipinski definition) is 4. The molecule has 0 fully saturated rings. The van der Waals surface area contributed by atoms with E-state index in [1.165, 1.54) is 5.56 Å². The van der Waals surface area contributed by atoms with E-state index in [2.05, 4.69) is 17.6 Å². The molecule has 6 heteroatoms. The second-order valence-electron chi connectivity index (χ2n) is 5.39. The first-order chi connectivity index (χ1) is 11.6. The number of nitrogens with one attached hydrogen (secondary N) is 2. The van der Waals surface area contributed by atoms with E-state index in [0.29, 0.717) is 22.9 Å². The molecule has 0 saturated heterocycles. The minimum Gasteiger partial charge on any atom is -0.454 e. The average molecular weight is 326 g/mol. The second kappa shape index (κ2) is 7.04. The van der Waals surface area contributed by atoms with Crippen molar-refractivity contribution in [3.05, 3.63) is 48.0 Å². The summed E-state index contributed by atoms with van der Waals surface area (Å²) in [7, 11) is 0. The molecule has 1 heterocycles. The fourth-order valence-electron chi connectivity index (χ4n) is 2.35. The number of carbonyl (C=O) groups excluding carboxylic acids is 2. The number of amides is 2. The van der Waals surface area contributed by atoms with E-state index >= 15 is 0 Å². The lowest BCUT2D eigenvalue weighted by Gasteiger charge is -2.08. The molecule has 1 aliphatic heterocycles. The van der Waals surface area contributed by atoms with Gasteiger partial charge >= 0.3 is 0 Å². The maximum absolute atomic E-state index is 12.0. The van der Waals surface area contributed by atoms with Crippen LogP contribution >= 0.6 is 0 Å². The number of hydrogen-bond donors (Lipinski definition) is 2. The Bertz CT molecular complexity index is 756. The Morgan fingerprint density at radius 3 is 2.25 bits per heavy atom. The lowest BCUT2D eigenvalue weighted by Crippen LogP contribution is -2.21. The number of ether oxygens (including phenoxy) is 2. The van der Waals surface area contributed by atoms with E-state index in [1.54, 1.807) is 18.2 Å². The molecule has 2 N–H and O–H groups in total. The van der Waals surface area contributed by atoms with Crippen molar-refractivity contribution >= 4 is 23.2 Å². The summed E-state index contributed by atoms with van der Waals surface area (Å²) >= 11 is 0. The van der Waals surface area contributed by atoms with E-state index in [4.69, 9.17) is 9.47 Å². The standard InChI is InChI=1S/C18H18N2O4/c1-2-12-3-5-13(6-4-12)19-17(21)10-18(22)20-14-7-8-15-16(9-14)24-11-23-15/h3-9H,2,10-11H2,1H3,(H,19,21)(H,20,22). The third kappa shape index (κ3) is 3.84. The van der Waals surface area contributed by atoms with Crippen LogP contribution < -0.4 is 20.1 Å². The maximum atomic E-state index is 12.0. The lowest BCUT2D eigenvalue weighted by atomic mass is 10.1. The third-order valence-electron chi connectivity index (χ3n) is 3.62. The Labute approximate surface area is 139 Å². The van der Waals surface area contributed by atoms with E-state index in [1.807, 2.05) is 24.3 Å². The van der Waals surface area contributed by atoms with Crippen LogP contribution in [-0.4, -0.2) is 18.6 Å². The fraction of sp³-hybridized carbons (Fsp3) is 0.222. The van der Waals surface area contributed by atoms with Gasteiger partial charge in [0.2, 0.25) is 18.6 Å². The summed E-state index contributed by atoms with van der Waals surface area (Å²) in [6.45, 7) is 2.24. The summed E-state index contributed by atoms with van der Waals surface area (Å²) < 4.78 is 10.5. The molecule has 0 atom stereocenters. The first-order valence-corrected chi connectivity index (χ1v) is 7.72. The average Bonchev–Trinajstić information content (AvgIpc) is 3.03. The van der Waals surface area contributed by atoms with Gasteiger partial charge in [-0.3, -0.25) is 9.59 Å². The normalized spacial score (nSPS) is 11.9. The van der Waals surface area contributed by atoms with Crippen molar-refractivity contribution in [2.45, 2.75) is 19.8 Å². The fourth-order valence-corrected chi connectivity index (χ4v) is 2.35. The molecule has 124 valence electrons. The van der Waals surface area contributed by atoms with E-state index < -0.39 is 5.91 Å². The monoisotopic (exact) mass is 326 g/mol. The van der Waals surface area contributed by atoms with Crippen LogP contribution in [0.3, 0.4) is 0 Å². The zero-order chi connectivity index (χ0) is 16.9. The largest absolute Gasteiger partial charge is 0.454 e. The first kappa shape index (κ1) is 15.9. The molecule has 3 rings (SSSR count). The Morgan fingerprint density at radius 2 is 1.54 bits per heavy atom. The second-order valence-corrected chi connectivity index (χ2v) is 5.39. The summed E-state index contributed by atoms with van der Waals surface area (Å²) in [4.78, 5) is 23.9. The highest BCUT2D eigenvalue weighted by molar-refractivity contribution is 6.08. The summed E-state index contributed by atoms with van der Waals surface area (Å²) in [5.74, 6) is 0.462. The van der Waals surface area contributed by atoms with E-state index in [-0.39, 0.29) is 19.1 Å². The van der Waals surface area contributed by atoms with Gasteiger partial charge in [0, 0.05) is 17.4 Å². The Morgan fingerprint density at radius 1 is 0.917 bits per heavy atom. The Balaban J connectivity index is 1.53. The van der Waals surface area contributed by atoms with Crippen LogP contribution in [0, 0.1) is 0 Å². The smallest absolute Gasteiger partial charge is 0.233 e. The van der Waals surface area contributed by atoms with Gasteiger partial charge in [-0.15, -0.1) is 0 Å². The molecule has 0 saturated carbocycles. The van der Waals surface area contributed by atoms with Gasteiger partial charge in [-0.2, -0.15) is 0 Å². The predicted molar refractivity (Wildman–Crippen MR) is 90.3 cm³/mol. The van der Waals surface area contributed by atoms with Crippen molar-refractivity contribution in [1.82, 2.24) is 0 Å². The van der Waals surface area contributed by atoms with Crippen LogP contribution in [0.25, 0.3) is 0 Å². The van der Waals surface area contributed by atoms with Gasteiger partial charge in [0.15, 0.2) is 11.5 Å². The predicted octanol–water partition coefficient (Wildman–Crippen LogP) is 2.95. The van der Waals surface area contributed by atoms with Gasteiger partial charge in [-0.25, -0.2) is 0 Å². The highest BCUT2D eigenvalue weighted by Gasteiger charge is 2.15. The molecule has 0 aliphatic carbocycles. The van der Waals surface area contributed by atoms with Gasteiger partial charge in [-0.05, 0) is 36.2 Å². The molecule has 2 aromatic carbocycles. The van der Waals surface area contributed by atoms with Crippen LogP contribution in [0.2, 0.25) is 0 Å². The van der Waals surface area contributed by atoms with Crippen LogP contribution in [-0.2, 0) is 16.0 Å². The highest BCUT2D eigenvalue weighted by Crippen LogP contribution is 2.34. The molecule has 0 unspecified atom stereocenters. The van der Waals surface area contributed by atoms with Crippen molar-refractivity contribution in [3.63, 3.8) is 0 Å². The zero-order valence-corrected chi connectivity index (χ0v) is 13.3. The van der Waals surface area contributed by atoms with Crippen molar-refractivity contribution in [3.8, 4) is 11.5 Å². The topological polar surface area (TPSA) is 76.7 Å². The van der Waals surface area contributed by atoms with Crippen molar-refractivity contribution in [2.75, 3.05) is 17.4 Å². The zero-order valence-electron chi connectivity index (χ0n) is 13.3. The molecule has 2 amide bonds. The van der Waals surface area contributed by atoms with Gasteiger partial charge < -0.3 is 20.1 Å². The van der Waals surface area contributed by atoms with E-state index in [0.717, 1.165) is 6.42 Å². The molecule has 2 aromatic rings. The first-order valence-electron chi connectivity index (χ1n) is 7.72. The molecular weight excluding hydrogens is 308 g/mol. The van der Waals surface area contributed by atoms with E-state index in [9.17, 15) is 9.59 Å². The molecule has 0 aromatic heterocycles. The van der Waals surface area contributed by atoms with Crippen molar-refractivity contribution in [1.29, 1.82) is 0 Å². The number of benzene rings is 2. The van der Waals surface area contributed by atoms with Gasteiger partial charge in [-0.1, -0.05) is 19.1 Å². The molecule has 0 spiro atoms. The van der Waals surface area contributed by atoms with Crippen LogP contribution in [0.15, 0.2) is 42.5 Å². The number of rotatable bonds is 5. The summed E-state index contributed by atoms with van der Waals surface area (Å²) in [5, 5.41) is 5.38. The SMILES string of the molecule is CCc1ccc(NC(=O)CC(=O)Nc2ccc3c(c2)OCO3)cc1. The van der Waals surface area contributed by atoms with Crippen molar-refractivity contribution in [2.24, 2.45) is 0 Å². The summed E-state index contributed by atoms with van der Waals surface area (Å²) in [6.07, 6.45) is 0.677. The Kier molecular flexibility index (Phi) is 4.65. The molecule has 0 bridgehead atoms. The molecule has 24 heavy (non-hydrogen) atoms. The highest BCUT2D eigenvalue weighted by atomic mass is 16.7. The minimum absolute atomic E-state index is 0.173. The summed E-state index contributed by atoms with van der Waals surface area (Å²) in [6, 6.07) is 12.6. The third-order valence-corrected chi connectivity index (χ3v) is 3.62. The minimum atomic E-state index is -0.392. The summed E-state index contributed by atoms with van der Waals surface area (Å²) in [5.41, 5.74) is 2.42. The number of aryl methyl sites for hydroxylation is 1. The number of fused-ring (bicyclic) bond motifs is 1. The molecule has 0 radical (unpaired) electrons. The van der Waals surface area contributed by atoms with Crippen molar-refractivity contribution < 1.29 is 19.1 Å². The number of anilines is 2. The molecular formula is C18H18N2O4. The maximum Gasteiger partial charge on any atom is 0.233 e. The van der Waals surface area contributed by atoms with Gasteiger partial charge in [0.1, 0.15) is 6.42 Å².